The fraction of sp³-hybridized carbons (Fsp3) is 0.364. The highest BCUT2D eigenvalue weighted by Gasteiger charge is 2.14. The molecule has 0 radical (unpaired) electrons. The van der Waals surface area contributed by atoms with Crippen LogP contribution in [-0.2, 0) is 6.42 Å². The van der Waals surface area contributed by atoms with Crippen molar-refractivity contribution in [2.24, 2.45) is 0 Å². The Hall–Kier alpha value is -1.89. The lowest BCUT2D eigenvalue weighted by Crippen LogP contribution is -2.26. The van der Waals surface area contributed by atoms with Crippen LogP contribution >= 0.6 is 11.3 Å². The zero-order chi connectivity index (χ0) is 13.1. The standard InChI is InChI=1S/C11H15N5OS/c1-6-9(12)10(16-15-6)11(17)13-4-3-8-5-18-7(2)14-8/h5H,3-4,12H2,1-2H3,(H,13,17)(H,15,16). The number of thiazole rings is 1. The van der Waals surface area contributed by atoms with Gasteiger partial charge in [-0.25, -0.2) is 4.98 Å². The molecule has 0 bridgehead atoms. The predicted octanol–water partition coefficient (Wildman–Crippen LogP) is 1.04. The van der Waals surface area contributed by atoms with E-state index in [2.05, 4.69) is 20.5 Å². The molecule has 1 amide bonds. The highest BCUT2D eigenvalue weighted by molar-refractivity contribution is 7.09. The monoisotopic (exact) mass is 265 g/mol. The zero-order valence-electron chi connectivity index (χ0n) is 10.3. The maximum absolute atomic E-state index is 11.8. The van der Waals surface area contributed by atoms with Crippen LogP contribution in [0.2, 0.25) is 0 Å². The van der Waals surface area contributed by atoms with E-state index >= 15 is 0 Å². The lowest BCUT2D eigenvalue weighted by molar-refractivity contribution is 0.0950. The van der Waals surface area contributed by atoms with E-state index in [1.54, 1.807) is 18.3 Å². The van der Waals surface area contributed by atoms with Crippen molar-refractivity contribution >= 4 is 22.9 Å². The van der Waals surface area contributed by atoms with E-state index in [0.29, 0.717) is 24.3 Å². The Morgan fingerprint density at radius 3 is 2.89 bits per heavy atom. The van der Waals surface area contributed by atoms with Crippen molar-refractivity contribution in [2.45, 2.75) is 20.3 Å². The molecule has 7 heteroatoms. The average molecular weight is 265 g/mol. The molecule has 2 aromatic heterocycles. The van der Waals surface area contributed by atoms with Gasteiger partial charge in [-0.05, 0) is 13.8 Å². The van der Waals surface area contributed by atoms with Crippen LogP contribution in [0.25, 0.3) is 0 Å². The van der Waals surface area contributed by atoms with E-state index < -0.39 is 0 Å². The van der Waals surface area contributed by atoms with E-state index in [4.69, 9.17) is 5.73 Å². The quantitative estimate of drug-likeness (QED) is 0.769. The second kappa shape index (κ2) is 5.18. The Balaban J connectivity index is 1.87. The molecule has 0 aliphatic carbocycles. The van der Waals surface area contributed by atoms with Gasteiger partial charge in [-0.15, -0.1) is 11.3 Å². The number of aryl methyl sites for hydroxylation is 2. The minimum atomic E-state index is -0.260. The fourth-order valence-corrected chi connectivity index (χ4v) is 2.17. The number of nitrogens with two attached hydrogens (primary N) is 1. The topological polar surface area (TPSA) is 96.7 Å². The van der Waals surface area contributed by atoms with Gasteiger partial charge in [0.2, 0.25) is 0 Å². The van der Waals surface area contributed by atoms with Gasteiger partial charge < -0.3 is 11.1 Å². The predicted molar refractivity (Wildman–Crippen MR) is 70.6 cm³/mol. The van der Waals surface area contributed by atoms with Crippen LogP contribution in [0.3, 0.4) is 0 Å². The number of aromatic amines is 1. The van der Waals surface area contributed by atoms with Gasteiger partial charge in [-0.3, -0.25) is 9.89 Å². The number of carbonyl (C=O) groups is 1. The van der Waals surface area contributed by atoms with Crippen LogP contribution in [0, 0.1) is 13.8 Å². The van der Waals surface area contributed by atoms with Crippen molar-refractivity contribution in [2.75, 3.05) is 12.3 Å². The maximum atomic E-state index is 11.8. The summed E-state index contributed by atoms with van der Waals surface area (Å²) < 4.78 is 0. The first-order valence-electron chi connectivity index (χ1n) is 5.57. The Kier molecular flexibility index (Phi) is 3.61. The summed E-state index contributed by atoms with van der Waals surface area (Å²) in [4.78, 5) is 16.1. The lowest BCUT2D eigenvalue weighted by atomic mass is 10.3. The van der Waals surface area contributed by atoms with Crippen LogP contribution in [-0.4, -0.2) is 27.6 Å². The van der Waals surface area contributed by atoms with Crippen LogP contribution in [0.4, 0.5) is 5.69 Å². The van der Waals surface area contributed by atoms with Gasteiger partial charge in [-0.2, -0.15) is 5.10 Å². The molecule has 0 unspecified atom stereocenters. The SMILES string of the molecule is Cc1nc(CCNC(=O)c2n[nH]c(C)c2N)cs1. The molecule has 0 saturated carbocycles. The molecule has 18 heavy (non-hydrogen) atoms. The molecule has 2 heterocycles. The van der Waals surface area contributed by atoms with Crippen molar-refractivity contribution in [1.82, 2.24) is 20.5 Å². The number of hydrogen-bond acceptors (Lipinski definition) is 5. The number of nitrogens with one attached hydrogen (secondary N) is 2. The molecular formula is C11H15N5OS. The highest BCUT2D eigenvalue weighted by Crippen LogP contribution is 2.12. The molecular weight excluding hydrogens is 250 g/mol. The number of nitrogen functional groups attached to an aromatic ring is 1. The first-order valence-corrected chi connectivity index (χ1v) is 6.45. The molecule has 0 saturated heterocycles. The molecule has 0 aliphatic rings. The lowest BCUT2D eigenvalue weighted by Gasteiger charge is -2.02. The zero-order valence-corrected chi connectivity index (χ0v) is 11.1. The first-order chi connectivity index (χ1) is 8.58. The smallest absolute Gasteiger partial charge is 0.273 e. The summed E-state index contributed by atoms with van der Waals surface area (Å²) in [5.74, 6) is -0.260. The van der Waals surface area contributed by atoms with E-state index in [9.17, 15) is 4.79 Å². The number of carbonyl (C=O) groups excluding carboxylic acids is 1. The van der Waals surface area contributed by atoms with Gasteiger partial charge in [0.05, 0.1) is 22.1 Å². The molecule has 6 nitrogen and oxygen atoms in total. The number of nitrogens with zero attached hydrogens (tertiary/aromatic N) is 2. The third kappa shape index (κ3) is 2.67. The second-order valence-corrected chi connectivity index (χ2v) is 5.04. The van der Waals surface area contributed by atoms with Gasteiger partial charge in [0.25, 0.3) is 5.91 Å². The van der Waals surface area contributed by atoms with Gasteiger partial charge in [0.1, 0.15) is 0 Å². The van der Waals surface area contributed by atoms with Crippen molar-refractivity contribution < 1.29 is 4.79 Å². The van der Waals surface area contributed by atoms with Crippen molar-refractivity contribution in [1.29, 1.82) is 0 Å². The highest BCUT2D eigenvalue weighted by atomic mass is 32.1. The maximum Gasteiger partial charge on any atom is 0.273 e. The van der Waals surface area contributed by atoms with Crippen molar-refractivity contribution in [3.63, 3.8) is 0 Å². The van der Waals surface area contributed by atoms with E-state index in [1.807, 2.05) is 12.3 Å². The number of aromatic nitrogens is 3. The summed E-state index contributed by atoms with van der Waals surface area (Å²) in [6.45, 7) is 4.25. The van der Waals surface area contributed by atoms with Crippen LogP contribution in [0.5, 0.6) is 0 Å². The van der Waals surface area contributed by atoms with E-state index in [1.165, 1.54) is 0 Å². The third-order valence-corrected chi connectivity index (χ3v) is 3.37. The summed E-state index contributed by atoms with van der Waals surface area (Å²) >= 11 is 1.60. The van der Waals surface area contributed by atoms with Gasteiger partial charge in [-0.1, -0.05) is 0 Å². The molecule has 0 aliphatic heterocycles. The third-order valence-electron chi connectivity index (χ3n) is 2.54. The van der Waals surface area contributed by atoms with Gasteiger partial charge >= 0.3 is 0 Å². The minimum Gasteiger partial charge on any atom is -0.395 e. The van der Waals surface area contributed by atoms with E-state index in [-0.39, 0.29) is 11.6 Å². The molecule has 2 rings (SSSR count). The number of hydrogen-bond donors (Lipinski definition) is 3. The van der Waals surface area contributed by atoms with Crippen molar-refractivity contribution in [3.8, 4) is 0 Å². The molecule has 0 atom stereocenters. The Morgan fingerprint density at radius 2 is 2.33 bits per heavy atom. The summed E-state index contributed by atoms with van der Waals surface area (Å²) in [5.41, 5.74) is 8.07. The van der Waals surface area contributed by atoms with Crippen LogP contribution < -0.4 is 11.1 Å². The summed E-state index contributed by atoms with van der Waals surface area (Å²) in [7, 11) is 0. The number of rotatable bonds is 4. The summed E-state index contributed by atoms with van der Waals surface area (Å²) in [6, 6.07) is 0. The number of anilines is 1. The Bertz CT molecular complexity index is 560. The van der Waals surface area contributed by atoms with Crippen molar-refractivity contribution in [3.05, 3.63) is 27.5 Å². The second-order valence-electron chi connectivity index (χ2n) is 3.97. The molecule has 0 spiro atoms. The Labute approximate surface area is 109 Å². The summed E-state index contributed by atoms with van der Waals surface area (Å²) in [5, 5.41) is 12.4. The normalized spacial score (nSPS) is 10.6. The number of amides is 1. The average Bonchev–Trinajstić information content (AvgIpc) is 2.87. The summed E-state index contributed by atoms with van der Waals surface area (Å²) in [6.07, 6.45) is 0.708. The minimum absolute atomic E-state index is 0.252. The van der Waals surface area contributed by atoms with Gasteiger partial charge in [0.15, 0.2) is 5.69 Å². The van der Waals surface area contributed by atoms with Gasteiger partial charge in [0, 0.05) is 18.3 Å². The van der Waals surface area contributed by atoms with Crippen LogP contribution in [0.15, 0.2) is 5.38 Å². The Morgan fingerprint density at radius 1 is 1.56 bits per heavy atom. The molecule has 0 fully saturated rings. The number of H-pyrrole nitrogens is 1. The molecule has 2 aromatic rings. The van der Waals surface area contributed by atoms with E-state index in [0.717, 1.165) is 10.7 Å². The first kappa shape index (κ1) is 12.6. The fourth-order valence-electron chi connectivity index (χ4n) is 1.52. The van der Waals surface area contributed by atoms with Crippen LogP contribution in [0.1, 0.15) is 26.9 Å². The largest absolute Gasteiger partial charge is 0.395 e. The molecule has 0 aromatic carbocycles. The molecule has 96 valence electrons. The molecule has 4 N–H and O–H groups in total.